The Labute approximate surface area is 112 Å². The average Bonchev–Trinajstić information content (AvgIpc) is 2.43. The summed E-state index contributed by atoms with van der Waals surface area (Å²) >= 11 is 0. The molecule has 3 rings (SSSR count). The maximum absolute atomic E-state index is 13.9. The summed E-state index contributed by atoms with van der Waals surface area (Å²) in [6, 6.07) is -0.290. The van der Waals surface area contributed by atoms with E-state index < -0.39 is 23.5 Å². The van der Waals surface area contributed by atoms with Gasteiger partial charge >= 0.3 is 6.09 Å². The minimum atomic E-state index is -2.69. The molecule has 3 aliphatic heterocycles. The number of amides is 1. The Kier molecular flexibility index (Phi) is 3.49. The van der Waals surface area contributed by atoms with Gasteiger partial charge in [-0.3, -0.25) is 0 Å². The fourth-order valence-corrected chi connectivity index (χ4v) is 2.73. The Balaban J connectivity index is 2.12. The van der Waals surface area contributed by atoms with E-state index in [-0.39, 0.29) is 19.0 Å². The number of likely N-dealkylation sites (N-methyl/N-ethyl adjacent to an activating group) is 1. The lowest BCUT2D eigenvalue weighted by Gasteiger charge is -2.38. The van der Waals surface area contributed by atoms with Crippen LogP contribution in [0.2, 0.25) is 0 Å². The molecule has 2 bridgehead atoms. The fraction of sp³-hybridized carbons (Fsp3) is 0.923. The minimum Gasteiger partial charge on any atom is -0.444 e. The zero-order valence-corrected chi connectivity index (χ0v) is 11.9. The number of halogens is 2. The van der Waals surface area contributed by atoms with Crippen LogP contribution in [0.4, 0.5) is 13.6 Å². The molecule has 0 aliphatic carbocycles. The second-order valence-corrected chi connectivity index (χ2v) is 6.64. The van der Waals surface area contributed by atoms with E-state index in [1.807, 2.05) is 11.9 Å². The molecule has 0 aromatic rings. The van der Waals surface area contributed by atoms with Crippen molar-refractivity contribution in [3.05, 3.63) is 0 Å². The Morgan fingerprint density at radius 3 is 2.47 bits per heavy atom. The molecule has 19 heavy (non-hydrogen) atoms. The fourth-order valence-electron chi connectivity index (χ4n) is 2.73. The molecule has 0 aromatic carbocycles. The van der Waals surface area contributed by atoms with Gasteiger partial charge < -0.3 is 14.5 Å². The van der Waals surface area contributed by atoms with E-state index in [2.05, 4.69) is 0 Å². The normalized spacial score (nSPS) is 31.2. The third-order valence-electron chi connectivity index (χ3n) is 3.76. The topological polar surface area (TPSA) is 32.8 Å². The molecule has 1 amide bonds. The standard InChI is InChI=1S/C13H22F2N2O2/c1-12(2,3)19-11(18)17-7-9-6-16(4)10(8-17)5-13(9,14)15/h9-10H,5-8H2,1-4H3. The van der Waals surface area contributed by atoms with Gasteiger partial charge in [-0.05, 0) is 27.8 Å². The van der Waals surface area contributed by atoms with Crippen LogP contribution in [0.3, 0.4) is 0 Å². The number of alkyl halides is 2. The Morgan fingerprint density at radius 1 is 1.26 bits per heavy atom. The van der Waals surface area contributed by atoms with Crippen molar-refractivity contribution in [3.63, 3.8) is 0 Å². The molecule has 6 heteroatoms. The summed E-state index contributed by atoms with van der Waals surface area (Å²) < 4.78 is 33.1. The van der Waals surface area contributed by atoms with Crippen molar-refractivity contribution in [1.82, 2.24) is 9.80 Å². The highest BCUT2D eigenvalue weighted by Gasteiger charge is 2.51. The summed E-state index contributed by atoms with van der Waals surface area (Å²) in [5.74, 6) is -3.49. The molecule has 3 saturated heterocycles. The third kappa shape index (κ3) is 3.16. The molecule has 0 N–H and O–H groups in total. The number of carbonyl (C=O) groups excluding carboxylic acids is 1. The van der Waals surface area contributed by atoms with Gasteiger partial charge in [-0.25, -0.2) is 13.6 Å². The van der Waals surface area contributed by atoms with E-state index in [4.69, 9.17) is 4.74 Å². The van der Waals surface area contributed by atoms with Crippen molar-refractivity contribution in [2.75, 3.05) is 26.7 Å². The van der Waals surface area contributed by atoms with Crippen LogP contribution in [-0.2, 0) is 4.74 Å². The van der Waals surface area contributed by atoms with Crippen molar-refractivity contribution in [2.24, 2.45) is 5.92 Å². The van der Waals surface area contributed by atoms with Crippen molar-refractivity contribution < 1.29 is 18.3 Å². The maximum Gasteiger partial charge on any atom is 0.410 e. The predicted octanol–water partition coefficient (Wildman–Crippen LogP) is 2.19. The van der Waals surface area contributed by atoms with Gasteiger partial charge in [0.2, 0.25) is 0 Å². The number of piperidine rings is 1. The third-order valence-corrected chi connectivity index (χ3v) is 3.76. The van der Waals surface area contributed by atoms with Crippen LogP contribution in [0.5, 0.6) is 0 Å². The predicted molar refractivity (Wildman–Crippen MR) is 67.3 cm³/mol. The Hall–Kier alpha value is -0.910. The molecular weight excluding hydrogens is 254 g/mol. The molecule has 4 nitrogen and oxygen atoms in total. The second-order valence-electron chi connectivity index (χ2n) is 6.64. The van der Waals surface area contributed by atoms with Gasteiger partial charge in [-0.2, -0.15) is 0 Å². The van der Waals surface area contributed by atoms with Crippen LogP contribution < -0.4 is 0 Å². The van der Waals surface area contributed by atoms with Crippen LogP contribution >= 0.6 is 0 Å². The lowest BCUT2D eigenvalue weighted by molar-refractivity contribution is -0.107. The highest BCUT2D eigenvalue weighted by molar-refractivity contribution is 5.68. The van der Waals surface area contributed by atoms with E-state index >= 15 is 0 Å². The van der Waals surface area contributed by atoms with Crippen LogP contribution in [-0.4, -0.2) is 60.1 Å². The van der Waals surface area contributed by atoms with Gasteiger partial charge in [0.1, 0.15) is 5.60 Å². The highest BCUT2D eigenvalue weighted by Crippen LogP contribution is 2.39. The lowest BCUT2D eigenvalue weighted by Crippen LogP contribution is -2.50. The number of rotatable bonds is 0. The summed E-state index contributed by atoms with van der Waals surface area (Å²) in [4.78, 5) is 15.4. The zero-order chi connectivity index (χ0) is 14.4. The molecule has 3 heterocycles. The van der Waals surface area contributed by atoms with Crippen LogP contribution in [0.15, 0.2) is 0 Å². The summed E-state index contributed by atoms with van der Waals surface area (Å²) in [6.45, 7) is 6.05. The number of fused-ring (bicyclic) bond motifs is 4. The molecule has 0 spiro atoms. The van der Waals surface area contributed by atoms with E-state index in [0.717, 1.165) is 0 Å². The smallest absolute Gasteiger partial charge is 0.410 e. The highest BCUT2D eigenvalue weighted by atomic mass is 19.3. The van der Waals surface area contributed by atoms with Crippen molar-refractivity contribution in [2.45, 2.75) is 44.8 Å². The first-order valence-corrected chi connectivity index (χ1v) is 6.64. The van der Waals surface area contributed by atoms with Crippen LogP contribution in [0.1, 0.15) is 27.2 Å². The van der Waals surface area contributed by atoms with Gasteiger partial charge in [0, 0.05) is 32.1 Å². The van der Waals surface area contributed by atoms with Crippen molar-refractivity contribution in [1.29, 1.82) is 0 Å². The maximum atomic E-state index is 13.9. The number of carbonyl (C=O) groups is 1. The Bertz CT molecular complexity index is 368. The van der Waals surface area contributed by atoms with Gasteiger partial charge in [0.15, 0.2) is 0 Å². The summed E-state index contributed by atoms with van der Waals surface area (Å²) in [7, 11) is 1.84. The average molecular weight is 276 g/mol. The molecule has 110 valence electrons. The summed E-state index contributed by atoms with van der Waals surface area (Å²) in [6.07, 6.45) is -0.663. The molecule has 0 saturated carbocycles. The van der Waals surface area contributed by atoms with E-state index in [0.29, 0.717) is 13.1 Å². The van der Waals surface area contributed by atoms with E-state index in [1.165, 1.54) is 4.90 Å². The lowest BCUT2D eigenvalue weighted by atomic mass is 9.91. The Morgan fingerprint density at radius 2 is 1.89 bits per heavy atom. The molecule has 2 unspecified atom stereocenters. The van der Waals surface area contributed by atoms with Crippen molar-refractivity contribution in [3.8, 4) is 0 Å². The summed E-state index contributed by atoms with van der Waals surface area (Å²) in [5, 5.41) is 0. The van der Waals surface area contributed by atoms with Crippen LogP contribution in [0, 0.1) is 5.92 Å². The molecule has 0 aromatic heterocycles. The molecule has 0 radical (unpaired) electrons. The van der Waals surface area contributed by atoms with E-state index in [1.54, 1.807) is 20.8 Å². The molecule has 3 aliphatic rings. The molecule has 2 atom stereocenters. The second kappa shape index (κ2) is 4.58. The van der Waals surface area contributed by atoms with Gasteiger partial charge in [-0.15, -0.1) is 0 Å². The quantitative estimate of drug-likeness (QED) is 0.680. The number of hydrogen-bond acceptors (Lipinski definition) is 3. The number of ether oxygens (including phenoxy) is 1. The largest absolute Gasteiger partial charge is 0.444 e. The first-order valence-electron chi connectivity index (χ1n) is 6.64. The van der Waals surface area contributed by atoms with Crippen LogP contribution in [0.25, 0.3) is 0 Å². The monoisotopic (exact) mass is 276 g/mol. The number of hydrogen-bond donors (Lipinski definition) is 0. The molecular formula is C13H22F2N2O2. The van der Waals surface area contributed by atoms with E-state index in [9.17, 15) is 13.6 Å². The number of nitrogens with zero attached hydrogens (tertiary/aromatic N) is 2. The first-order chi connectivity index (χ1) is 8.58. The summed E-state index contributed by atoms with van der Waals surface area (Å²) in [5.41, 5.74) is -0.600. The van der Waals surface area contributed by atoms with Gasteiger partial charge in [0.25, 0.3) is 5.92 Å². The van der Waals surface area contributed by atoms with Gasteiger partial charge in [0.05, 0.1) is 5.92 Å². The molecule has 3 fully saturated rings. The zero-order valence-electron chi connectivity index (χ0n) is 11.9. The SMILES string of the molecule is CN1CC2CN(C(=O)OC(C)(C)C)CC1CC2(F)F. The first kappa shape index (κ1) is 14.5. The minimum absolute atomic E-state index is 0.0722. The van der Waals surface area contributed by atoms with Crippen molar-refractivity contribution >= 4 is 6.09 Å². The van der Waals surface area contributed by atoms with Gasteiger partial charge in [-0.1, -0.05) is 0 Å².